The third-order valence-corrected chi connectivity index (χ3v) is 7.59. The Labute approximate surface area is 125 Å². The zero-order valence-corrected chi connectivity index (χ0v) is 12.6. The Morgan fingerprint density at radius 2 is 1.95 bits per heavy atom. The molecule has 5 aliphatic carbocycles. The molecule has 4 heteroatoms. The smallest absolute Gasteiger partial charge is 0.188 e. The maximum Gasteiger partial charge on any atom is 0.188 e. The third-order valence-electron chi connectivity index (χ3n) is 7.59. The minimum Gasteiger partial charge on any atom is -0.387 e. The number of fused-ring (bicyclic) bond motifs is 2. The van der Waals surface area contributed by atoms with E-state index in [1.54, 1.807) is 0 Å². The molecule has 5 fully saturated rings. The normalized spacial score (nSPS) is 57.9. The molecule has 0 spiro atoms. The molecule has 5 saturated carbocycles. The average molecular weight is 287 g/mol. The van der Waals surface area contributed by atoms with Crippen LogP contribution in [0.5, 0.6) is 0 Å². The molecular formula is C17H25N3O. The Bertz CT molecular complexity index is 552. The molecule has 5 aliphatic rings. The van der Waals surface area contributed by atoms with Crippen LogP contribution in [0, 0.1) is 47.3 Å². The van der Waals surface area contributed by atoms with Gasteiger partial charge < -0.3 is 16.2 Å². The first kappa shape index (κ1) is 12.5. The lowest BCUT2D eigenvalue weighted by Gasteiger charge is -2.51. The Balaban J connectivity index is 1.37. The van der Waals surface area contributed by atoms with Gasteiger partial charge in [0.15, 0.2) is 5.96 Å². The molecule has 4 N–H and O–H groups in total. The van der Waals surface area contributed by atoms with Crippen LogP contribution >= 0.6 is 0 Å². The summed E-state index contributed by atoms with van der Waals surface area (Å²) in [5.74, 6) is 6.64. The maximum absolute atomic E-state index is 11.4. The molecule has 0 aromatic carbocycles. The van der Waals surface area contributed by atoms with Crippen LogP contribution in [0.15, 0.2) is 17.1 Å². The summed E-state index contributed by atoms with van der Waals surface area (Å²) < 4.78 is 0. The summed E-state index contributed by atoms with van der Waals surface area (Å²) in [6.45, 7) is 6.96. The third kappa shape index (κ3) is 1.26. The number of nitrogens with one attached hydrogen (secondary N) is 1. The van der Waals surface area contributed by atoms with E-state index in [1.165, 1.54) is 12.8 Å². The zero-order chi connectivity index (χ0) is 14.5. The highest BCUT2D eigenvalue weighted by atomic mass is 16.3. The van der Waals surface area contributed by atoms with Crippen LogP contribution in [0.1, 0.15) is 19.8 Å². The molecule has 0 heterocycles. The summed E-state index contributed by atoms with van der Waals surface area (Å²) >= 11 is 0. The van der Waals surface area contributed by atoms with Crippen molar-refractivity contribution in [3.05, 3.63) is 12.2 Å². The number of hydrogen-bond donors (Lipinski definition) is 3. The van der Waals surface area contributed by atoms with Crippen LogP contribution in [0.2, 0.25) is 0 Å². The van der Waals surface area contributed by atoms with Gasteiger partial charge in [0, 0.05) is 6.54 Å². The number of hydrogen-bond acceptors (Lipinski definition) is 2. The Kier molecular flexibility index (Phi) is 2.17. The molecular weight excluding hydrogens is 262 g/mol. The van der Waals surface area contributed by atoms with Crippen LogP contribution in [0.4, 0.5) is 0 Å². The molecule has 0 aromatic heterocycles. The van der Waals surface area contributed by atoms with Crippen LogP contribution in [-0.4, -0.2) is 29.8 Å². The number of nitrogens with zero attached hydrogens (tertiary/aromatic N) is 1. The summed E-state index contributed by atoms with van der Waals surface area (Å²) in [4.78, 5) is 4.49. The van der Waals surface area contributed by atoms with Gasteiger partial charge >= 0.3 is 0 Å². The molecule has 0 aliphatic heterocycles. The zero-order valence-electron chi connectivity index (χ0n) is 12.6. The van der Waals surface area contributed by atoms with Crippen molar-refractivity contribution in [3.8, 4) is 0 Å². The van der Waals surface area contributed by atoms with E-state index in [2.05, 4.69) is 16.9 Å². The van der Waals surface area contributed by atoms with Gasteiger partial charge in [-0.25, -0.2) is 0 Å². The van der Waals surface area contributed by atoms with E-state index >= 15 is 0 Å². The number of aliphatic imine (C=N–C) groups is 1. The second kappa shape index (κ2) is 3.65. The quantitative estimate of drug-likeness (QED) is 0.410. The van der Waals surface area contributed by atoms with Gasteiger partial charge in [0.25, 0.3) is 0 Å². The molecule has 9 atom stereocenters. The van der Waals surface area contributed by atoms with E-state index in [4.69, 9.17) is 5.73 Å². The summed E-state index contributed by atoms with van der Waals surface area (Å²) in [6.07, 6.45) is 2.79. The van der Waals surface area contributed by atoms with Gasteiger partial charge in [0.2, 0.25) is 0 Å². The number of rotatable bonds is 4. The van der Waals surface area contributed by atoms with E-state index < -0.39 is 5.60 Å². The molecule has 0 saturated heterocycles. The van der Waals surface area contributed by atoms with Crippen molar-refractivity contribution < 1.29 is 5.11 Å². The lowest BCUT2D eigenvalue weighted by molar-refractivity contribution is -0.123. The lowest BCUT2D eigenvalue weighted by atomic mass is 9.56. The van der Waals surface area contributed by atoms with Crippen LogP contribution in [0.3, 0.4) is 0 Å². The van der Waals surface area contributed by atoms with Gasteiger partial charge in [-0.05, 0) is 67.1 Å². The first-order chi connectivity index (χ1) is 10.0. The number of nitrogens with two attached hydrogens (primary N) is 1. The van der Waals surface area contributed by atoms with Gasteiger partial charge in [0.1, 0.15) is 0 Å². The SMILES string of the molecule is C=C(C)CNC(N)=NCC1(O)C2C3CC4C5C3CC2C5C41. The van der Waals surface area contributed by atoms with E-state index in [9.17, 15) is 5.11 Å². The largest absolute Gasteiger partial charge is 0.387 e. The second-order valence-electron chi connectivity index (χ2n) is 8.34. The molecule has 0 aromatic rings. The highest BCUT2D eigenvalue weighted by Gasteiger charge is 2.84. The Morgan fingerprint density at radius 1 is 1.24 bits per heavy atom. The predicted octanol–water partition coefficient (Wildman–Crippen LogP) is 0.976. The molecule has 21 heavy (non-hydrogen) atoms. The fraction of sp³-hybridized carbons (Fsp3) is 0.824. The molecule has 114 valence electrons. The minimum absolute atomic E-state index is 0.449. The van der Waals surface area contributed by atoms with Crippen molar-refractivity contribution in [2.45, 2.75) is 25.4 Å². The van der Waals surface area contributed by atoms with Gasteiger partial charge in [-0.2, -0.15) is 0 Å². The fourth-order valence-corrected chi connectivity index (χ4v) is 7.44. The van der Waals surface area contributed by atoms with Gasteiger partial charge in [-0.3, -0.25) is 4.99 Å². The van der Waals surface area contributed by atoms with E-state index in [-0.39, 0.29) is 0 Å². The van der Waals surface area contributed by atoms with Crippen molar-refractivity contribution in [1.82, 2.24) is 5.32 Å². The standard InChI is InChI=1S/C17H25N3O/c1-7(2)5-19-16(18)20-6-17(21)14-9-4-10-12-8(9)3-11(14)13(12)15(10)17/h8-15,21H,1,3-6H2,2H3,(H3,18,19,20). The first-order valence-corrected chi connectivity index (χ1v) is 8.43. The highest BCUT2D eigenvalue weighted by Crippen LogP contribution is 2.85. The van der Waals surface area contributed by atoms with E-state index in [1.807, 2.05) is 6.92 Å². The summed E-state index contributed by atoms with van der Waals surface area (Å²) in [7, 11) is 0. The fourth-order valence-electron chi connectivity index (χ4n) is 7.44. The van der Waals surface area contributed by atoms with Crippen LogP contribution in [0.25, 0.3) is 0 Å². The monoisotopic (exact) mass is 287 g/mol. The molecule has 2 bridgehead atoms. The molecule has 0 radical (unpaired) electrons. The average Bonchev–Trinajstić information content (AvgIpc) is 2.92. The maximum atomic E-state index is 11.4. The van der Waals surface area contributed by atoms with Crippen molar-refractivity contribution in [1.29, 1.82) is 0 Å². The Hall–Kier alpha value is -1.03. The van der Waals surface area contributed by atoms with Gasteiger partial charge in [-0.15, -0.1) is 0 Å². The molecule has 5 rings (SSSR count). The van der Waals surface area contributed by atoms with Gasteiger partial charge in [0.05, 0.1) is 12.1 Å². The van der Waals surface area contributed by atoms with Crippen molar-refractivity contribution in [2.75, 3.05) is 13.1 Å². The Morgan fingerprint density at radius 3 is 2.71 bits per heavy atom. The van der Waals surface area contributed by atoms with Crippen molar-refractivity contribution in [3.63, 3.8) is 0 Å². The van der Waals surface area contributed by atoms with Crippen molar-refractivity contribution in [2.24, 2.45) is 58.1 Å². The van der Waals surface area contributed by atoms with Gasteiger partial charge in [-0.1, -0.05) is 12.2 Å². The summed E-state index contributed by atoms with van der Waals surface area (Å²) in [5.41, 5.74) is 6.41. The van der Waals surface area contributed by atoms with Crippen LogP contribution in [-0.2, 0) is 0 Å². The topological polar surface area (TPSA) is 70.6 Å². The minimum atomic E-state index is -0.555. The summed E-state index contributed by atoms with van der Waals surface area (Å²) in [6, 6.07) is 0. The molecule has 0 amide bonds. The molecule has 9 unspecified atom stereocenters. The van der Waals surface area contributed by atoms with E-state index in [0.717, 1.165) is 41.1 Å². The highest BCUT2D eigenvalue weighted by molar-refractivity contribution is 5.78. The number of guanidine groups is 1. The second-order valence-corrected chi connectivity index (χ2v) is 8.34. The molecule has 4 nitrogen and oxygen atoms in total. The first-order valence-electron chi connectivity index (χ1n) is 8.43. The van der Waals surface area contributed by atoms with Crippen LogP contribution < -0.4 is 11.1 Å². The lowest BCUT2D eigenvalue weighted by Crippen LogP contribution is -2.56. The number of aliphatic hydroxyl groups is 1. The summed E-state index contributed by atoms with van der Waals surface area (Å²) in [5, 5.41) is 14.5. The van der Waals surface area contributed by atoms with Crippen molar-refractivity contribution >= 4 is 5.96 Å². The van der Waals surface area contributed by atoms with E-state index in [0.29, 0.717) is 30.9 Å². The predicted molar refractivity (Wildman–Crippen MR) is 81.4 cm³/mol.